The first-order chi connectivity index (χ1) is 41.0. The maximum Gasteiger partial charge on any atom is 0.306 e. The van der Waals surface area contributed by atoms with Crippen molar-refractivity contribution in [2.75, 3.05) is 13.2 Å². The lowest BCUT2D eigenvalue weighted by Gasteiger charge is -2.18. The Morgan fingerprint density at radius 3 is 0.735 bits per heavy atom. The minimum atomic E-state index is -0.790. The average Bonchev–Trinajstić information content (AvgIpc) is 3.49. The second kappa shape index (κ2) is 69.8. The lowest BCUT2D eigenvalue weighted by atomic mass is 10.1. The molecule has 0 aliphatic carbocycles. The molecule has 0 amide bonds. The molecule has 0 N–H and O–H groups in total. The molecule has 1 atom stereocenters. The van der Waals surface area contributed by atoms with Gasteiger partial charge in [-0.25, -0.2) is 0 Å². The SMILES string of the molecule is CC/C=C\C/C=C\C/C=C\C/C=C\C/C=C\C/C=C\C/C=C\C/C=C\C/C=C\CCCCCCCCCC(=O)OCC(COC(=O)CCCCCCCCC)OC(=O)CCCCCCCCCC/C=C\C/C=C\C/C=C\CCCCCCC. The lowest BCUT2D eigenvalue weighted by molar-refractivity contribution is -0.167. The lowest BCUT2D eigenvalue weighted by Crippen LogP contribution is -2.30. The van der Waals surface area contributed by atoms with Crippen molar-refractivity contribution in [3.8, 4) is 0 Å². The van der Waals surface area contributed by atoms with Gasteiger partial charge in [-0.1, -0.05) is 301 Å². The predicted octanol–water partition coefficient (Wildman–Crippen LogP) is 23.9. The number of esters is 3. The highest BCUT2D eigenvalue weighted by molar-refractivity contribution is 5.71. The fraction of sp³-hybridized carbons (Fsp3) is 0.649. The number of ether oxygens (including phenoxy) is 3. The van der Waals surface area contributed by atoms with Crippen LogP contribution in [0.1, 0.15) is 303 Å². The molecule has 6 heteroatoms. The Kier molecular flexibility index (Phi) is 65.8. The normalized spacial score (nSPS) is 13.0. The molecule has 0 rings (SSSR count). The van der Waals surface area contributed by atoms with Crippen molar-refractivity contribution in [3.05, 3.63) is 146 Å². The quantitative estimate of drug-likeness (QED) is 0.0261. The van der Waals surface area contributed by atoms with E-state index in [9.17, 15) is 14.4 Å². The number of hydrogen-bond acceptors (Lipinski definition) is 6. The van der Waals surface area contributed by atoms with Gasteiger partial charge >= 0.3 is 17.9 Å². The van der Waals surface area contributed by atoms with E-state index in [0.717, 1.165) is 141 Å². The maximum absolute atomic E-state index is 12.9. The van der Waals surface area contributed by atoms with Crippen molar-refractivity contribution in [3.63, 3.8) is 0 Å². The molecule has 0 aliphatic rings. The summed E-state index contributed by atoms with van der Waals surface area (Å²) in [7, 11) is 0. The Hall–Kier alpha value is -4.71. The number of unbranched alkanes of at least 4 members (excludes halogenated alkanes) is 26. The average molecular weight is 1150 g/mol. The van der Waals surface area contributed by atoms with E-state index in [0.29, 0.717) is 19.3 Å². The van der Waals surface area contributed by atoms with Gasteiger partial charge < -0.3 is 14.2 Å². The smallest absolute Gasteiger partial charge is 0.306 e. The number of allylic oxidation sites excluding steroid dienone is 24. The highest BCUT2D eigenvalue weighted by Crippen LogP contribution is 2.15. The molecular weight excluding hydrogens is 1020 g/mol. The summed E-state index contributed by atoms with van der Waals surface area (Å²) in [4.78, 5) is 38.1. The number of carbonyl (C=O) groups is 3. The summed E-state index contributed by atoms with van der Waals surface area (Å²) in [6, 6.07) is 0. The van der Waals surface area contributed by atoms with E-state index in [-0.39, 0.29) is 31.1 Å². The molecule has 0 heterocycles. The molecule has 0 bridgehead atoms. The van der Waals surface area contributed by atoms with Gasteiger partial charge in [0.2, 0.25) is 0 Å². The van der Waals surface area contributed by atoms with E-state index in [1.54, 1.807) is 0 Å². The van der Waals surface area contributed by atoms with Crippen LogP contribution in [0, 0.1) is 0 Å². The maximum atomic E-state index is 12.9. The van der Waals surface area contributed by atoms with Crippen molar-refractivity contribution in [2.24, 2.45) is 0 Å². The minimum absolute atomic E-state index is 0.0869. The highest BCUT2D eigenvalue weighted by Gasteiger charge is 2.19. The topological polar surface area (TPSA) is 78.9 Å². The summed E-state index contributed by atoms with van der Waals surface area (Å²) >= 11 is 0. The van der Waals surface area contributed by atoms with Crippen LogP contribution in [0.2, 0.25) is 0 Å². The first kappa shape index (κ1) is 78.3. The molecule has 0 aliphatic heterocycles. The molecular formula is C77H126O6. The van der Waals surface area contributed by atoms with Gasteiger partial charge in [0.25, 0.3) is 0 Å². The molecule has 0 aromatic carbocycles. The van der Waals surface area contributed by atoms with E-state index < -0.39 is 6.10 Å². The molecule has 0 spiro atoms. The third-order valence-corrected chi connectivity index (χ3v) is 14.3. The third kappa shape index (κ3) is 68.0. The Morgan fingerprint density at radius 2 is 0.470 bits per heavy atom. The minimum Gasteiger partial charge on any atom is -0.462 e. The molecule has 0 fully saturated rings. The zero-order chi connectivity index (χ0) is 59.9. The molecule has 0 aromatic heterocycles. The van der Waals surface area contributed by atoms with Crippen LogP contribution < -0.4 is 0 Å². The molecule has 0 radical (unpaired) electrons. The van der Waals surface area contributed by atoms with Crippen molar-refractivity contribution in [2.45, 2.75) is 309 Å². The Labute approximate surface area is 512 Å². The van der Waals surface area contributed by atoms with Crippen molar-refractivity contribution in [1.82, 2.24) is 0 Å². The van der Waals surface area contributed by atoms with Gasteiger partial charge in [0.05, 0.1) is 0 Å². The van der Waals surface area contributed by atoms with Crippen LogP contribution >= 0.6 is 0 Å². The van der Waals surface area contributed by atoms with E-state index in [2.05, 4.69) is 167 Å². The standard InChI is InChI=1S/C77H126O6/c1-4-7-10-13-16-18-20-22-24-26-28-30-32-33-34-35-36-37-38-39-40-41-42-43-45-46-48-50-52-54-56-58-61-64-67-70-76(79)82-73-74(72-81-75(78)69-66-63-60-15-12-9-6-3)83-77(80)71-68-65-62-59-57-55-53-51-49-47-44-31-29-27-25-23-21-19-17-14-11-8-5-2/h7,10,16,18,21-24,27-30,33-34,36-37,39-40,42-44,46-48,74H,4-6,8-9,11-15,17,19-20,25-26,31-32,35,38,41,45,49-73H2,1-3H3/b10-7-,18-16-,23-21-,24-22-,29-27-,30-28-,34-33-,37-36-,40-39-,43-42-,47-44-,48-46-. The van der Waals surface area contributed by atoms with Gasteiger partial charge in [-0.15, -0.1) is 0 Å². The summed E-state index contributed by atoms with van der Waals surface area (Å²) < 4.78 is 16.8. The highest BCUT2D eigenvalue weighted by atomic mass is 16.6. The number of hydrogen-bond donors (Lipinski definition) is 0. The van der Waals surface area contributed by atoms with Crippen LogP contribution in [0.15, 0.2) is 146 Å². The van der Waals surface area contributed by atoms with Gasteiger partial charge in [0, 0.05) is 19.3 Å². The first-order valence-corrected chi connectivity index (χ1v) is 34.3. The van der Waals surface area contributed by atoms with E-state index in [1.165, 1.54) is 122 Å². The summed E-state index contributed by atoms with van der Waals surface area (Å²) in [5, 5.41) is 0. The van der Waals surface area contributed by atoms with Gasteiger partial charge in [-0.2, -0.15) is 0 Å². The van der Waals surface area contributed by atoms with E-state index in [1.807, 2.05) is 0 Å². The van der Waals surface area contributed by atoms with E-state index >= 15 is 0 Å². The van der Waals surface area contributed by atoms with E-state index in [4.69, 9.17) is 14.2 Å². The second-order valence-electron chi connectivity index (χ2n) is 22.4. The van der Waals surface area contributed by atoms with Gasteiger partial charge in [-0.05, 0) is 128 Å². The van der Waals surface area contributed by atoms with Crippen molar-refractivity contribution < 1.29 is 28.6 Å². The fourth-order valence-corrected chi connectivity index (χ4v) is 9.21. The molecule has 0 saturated carbocycles. The monoisotopic (exact) mass is 1150 g/mol. The predicted molar refractivity (Wildman–Crippen MR) is 362 cm³/mol. The van der Waals surface area contributed by atoms with Crippen molar-refractivity contribution in [1.29, 1.82) is 0 Å². The van der Waals surface area contributed by atoms with Gasteiger partial charge in [0.15, 0.2) is 6.10 Å². The molecule has 0 saturated heterocycles. The molecule has 83 heavy (non-hydrogen) atoms. The zero-order valence-electron chi connectivity index (χ0n) is 53.9. The zero-order valence-corrected chi connectivity index (χ0v) is 53.9. The summed E-state index contributed by atoms with van der Waals surface area (Å²) in [5.41, 5.74) is 0. The van der Waals surface area contributed by atoms with Crippen molar-refractivity contribution >= 4 is 17.9 Å². The van der Waals surface area contributed by atoms with Crippen LogP contribution in [-0.4, -0.2) is 37.2 Å². The van der Waals surface area contributed by atoms with Gasteiger partial charge in [-0.3, -0.25) is 14.4 Å². The molecule has 6 nitrogen and oxygen atoms in total. The number of rotatable bonds is 61. The molecule has 470 valence electrons. The second-order valence-corrected chi connectivity index (χ2v) is 22.4. The first-order valence-electron chi connectivity index (χ1n) is 34.3. The largest absolute Gasteiger partial charge is 0.462 e. The Bertz CT molecular complexity index is 1800. The van der Waals surface area contributed by atoms with Crippen LogP contribution in [0.4, 0.5) is 0 Å². The van der Waals surface area contributed by atoms with Crippen LogP contribution in [0.25, 0.3) is 0 Å². The van der Waals surface area contributed by atoms with Gasteiger partial charge in [0.1, 0.15) is 13.2 Å². The molecule has 1 unspecified atom stereocenters. The fourth-order valence-electron chi connectivity index (χ4n) is 9.21. The number of carbonyl (C=O) groups excluding carboxylic acids is 3. The van der Waals surface area contributed by atoms with Crippen LogP contribution in [0.3, 0.4) is 0 Å². The van der Waals surface area contributed by atoms with Crippen LogP contribution in [0.5, 0.6) is 0 Å². The Balaban J connectivity index is 4.17. The molecule has 0 aromatic rings. The van der Waals surface area contributed by atoms with Crippen LogP contribution in [-0.2, 0) is 28.6 Å². The third-order valence-electron chi connectivity index (χ3n) is 14.3. The Morgan fingerprint density at radius 1 is 0.253 bits per heavy atom. The summed E-state index contributed by atoms with van der Waals surface area (Å²) in [6.07, 6.45) is 100. The summed E-state index contributed by atoms with van der Waals surface area (Å²) in [5.74, 6) is -0.910. The summed E-state index contributed by atoms with van der Waals surface area (Å²) in [6.45, 7) is 6.46.